The van der Waals surface area contributed by atoms with Crippen molar-refractivity contribution in [2.24, 2.45) is 22.9 Å². The second-order valence-corrected chi connectivity index (χ2v) is 13.9. The molecule has 314 valence electrons. The minimum Gasteiger partial charge on any atom is -0.480 e. The predicted octanol–water partition coefficient (Wildman–Crippen LogP) is 4.61. The van der Waals surface area contributed by atoms with E-state index < -0.39 is 59.5 Å². The smallest absolute Gasteiger partial charge is 0.320 e. The van der Waals surface area contributed by atoms with Gasteiger partial charge in [-0.1, -0.05) is 83.3 Å². The number of Topliss-reactive ketones (excluding diaryl/α,β-unsaturated/α-hetero) is 1. The number of carbonyl (C=O) groups is 5. The fourth-order valence-electron chi connectivity index (χ4n) is 5.05. The third-order valence-corrected chi connectivity index (χ3v) is 8.81. The summed E-state index contributed by atoms with van der Waals surface area (Å²) in [5.74, 6) is -5.55. The lowest BCUT2D eigenvalue weighted by molar-refractivity contribution is -0.138. The molecule has 4 aromatic carbocycles. The van der Waals surface area contributed by atoms with Crippen LogP contribution < -0.4 is 28.3 Å². The molecule has 1 heterocycles. The van der Waals surface area contributed by atoms with E-state index in [1.165, 1.54) is 25.1 Å². The lowest BCUT2D eigenvalue weighted by Crippen LogP contribution is -2.47. The van der Waals surface area contributed by atoms with Crippen molar-refractivity contribution in [3.63, 3.8) is 0 Å². The monoisotopic (exact) mass is 892 g/mol. The number of benzene rings is 4. The number of hydrogen-bond acceptors (Lipinski definition) is 10. The third-order valence-electron chi connectivity index (χ3n) is 8.05. The Balaban J connectivity index is 0.000000345. The molecule has 1 aromatic heterocycles. The van der Waals surface area contributed by atoms with Crippen LogP contribution in [-0.4, -0.2) is 68.9 Å². The Labute approximate surface area is 359 Å². The molecule has 4 atom stereocenters. The van der Waals surface area contributed by atoms with Crippen LogP contribution in [0.2, 0.25) is 15.1 Å². The molecule has 0 bridgehead atoms. The van der Waals surface area contributed by atoms with Gasteiger partial charge in [0.25, 0.3) is 11.8 Å². The molecule has 14 nitrogen and oxygen atoms in total. The van der Waals surface area contributed by atoms with Gasteiger partial charge in [-0.2, -0.15) is 0 Å². The molecule has 19 heteroatoms. The molecule has 5 aromatic rings. The Morgan fingerprint density at radius 2 is 1.22 bits per heavy atom. The number of primary amides is 2. The van der Waals surface area contributed by atoms with Gasteiger partial charge < -0.3 is 42.9 Å². The van der Waals surface area contributed by atoms with Crippen LogP contribution in [0.4, 0.5) is 4.39 Å². The Morgan fingerprint density at radius 3 is 1.66 bits per heavy atom. The van der Waals surface area contributed by atoms with E-state index in [-0.39, 0.29) is 41.7 Å². The van der Waals surface area contributed by atoms with Crippen molar-refractivity contribution in [2.75, 3.05) is 0 Å². The molecule has 5 rings (SSSR count). The summed E-state index contributed by atoms with van der Waals surface area (Å²) < 4.78 is 19.6. The first-order chi connectivity index (χ1) is 27.4. The molecule has 0 fully saturated rings. The Morgan fingerprint density at radius 1 is 0.763 bits per heavy atom. The average molecular weight is 895 g/mol. The molecule has 0 spiro atoms. The van der Waals surface area contributed by atoms with Gasteiger partial charge >= 0.3 is 5.97 Å². The number of aromatic nitrogens is 1. The summed E-state index contributed by atoms with van der Waals surface area (Å²) in [4.78, 5) is 61.7. The number of rotatable bonds is 14. The van der Waals surface area contributed by atoms with Crippen molar-refractivity contribution < 1.29 is 43.0 Å². The van der Waals surface area contributed by atoms with Crippen LogP contribution >= 0.6 is 47.2 Å². The van der Waals surface area contributed by atoms with E-state index in [1.54, 1.807) is 78.9 Å². The maximum absolute atomic E-state index is 14.2. The first kappa shape index (κ1) is 49.8. The Kier molecular flexibility index (Phi) is 20.1. The summed E-state index contributed by atoms with van der Waals surface area (Å²) in [5.41, 5.74) is 23.5. The summed E-state index contributed by atoms with van der Waals surface area (Å²) in [6.45, 7) is 1.50. The van der Waals surface area contributed by atoms with Crippen LogP contribution in [0.15, 0.2) is 101 Å². The van der Waals surface area contributed by atoms with E-state index in [2.05, 4.69) is 10.3 Å². The number of carbonyl (C=O) groups excluding carboxylic acids is 4. The maximum Gasteiger partial charge on any atom is 0.320 e. The third kappa shape index (κ3) is 16.1. The van der Waals surface area contributed by atoms with Gasteiger partial charge in [-0.25, -0.2) is 9.37 Å². The number of oxazole rings is 1. The number of aliphatic hydroxyl groups is 1. The zero-order valence-corrected chi connectivity index (χ0v) is 34.3. The quantitative estimate of drug-likeness (QED) is 0.0757. The van der Waals surface area contributed by atoms with Crippen molar-refractivity contribution in [3.05, 3.63) is 146 Å². The van der Waals surface area contributed by atoms with Crippen molar-refractivity contribution in [3.8, 4) is 11.3 Å². The number of nitrogens with one attached hydrogen (secondary N) is 1. The van der Waals surface area contributed by atoms with Gasteiger partial charge in [0.15, 0.2) is 5.89 Å². The minimum atomic E-state index is -1.32. The highest BCUT2D eigenvalue weighted by atomic mass is 35.5. The molecule has 3 amide bonds. The SMILES string of the molecule is Cc1nc(-c2ccccc2F)c(C(=O)NC(Cc2ccc(Cl)cc2)C(=O)C(N)=O)o1.Cl.NC(=O)C(O)C(N)Cc1ccc(Cl)cc1.NC(Cc1ccc(Cl)cc1)C(=O)O. The van der Waals surface area contributed by atoms with Crippen LogP contribution in [0.25, 0.3) is 11.3 Å². The first-order valence-corrected chi connectivity index (χ1v) is 18.3. The van der Waals surface area contributed by atoms with Crippen molar-refractivity contribution in [1.82, 2.24) is 10.3 Å². The molecule has 0 saturated carbocycles. The highest BCUT2D eigenvalue weighted by Gasteiger charge is 2.30. The molecule has 0 aliphatic carbocycles. The van der Waals surface area contributed by atoms with Crippen LogP contribution in [-0.2, 0) is 38.4 Å². The number of carboxylic acid groups (broad SMARTS) is 1. The van der Waals surface area contributed by atoms with E-state index >= 15 is 0 Å². The number of nitrogens with two attached hydrogens (primary N) is 4. The standard InChI is InChI=1S/C21H17ClFN3O4.C10H13ClN2O2.C9H10ClNO2.ClH/c1-11-25-17(14-4-2-3-5-15(14)23)19(30-11)21(29)26-16(18(27)20(24)28)10-12-6-8-13(22)9-7-12;11-7-3-1-6(2-4-7)5-8(12)9(14)10(13)15;10-7-3-1-6(2-4-7)5-8(11)9(12)13;/h2-9,16H,10H2,1H3,(H2,24,28)(H,26,29);1-4,8-9,14H,5,12H2,(H2,13,15);1-4,8H,5,11H2,(H,12,13);1H. The number of aliphatic carboxylic acids is 1. The highest BCUT2D eigenvalue weighted by molar-refractivity contribution is 6.38. The van der Waals surface area contributed by atoms with Crippen molar-refractivity contribution >= 4 is 76.7 Å². The molecular formula is C40H41Cl4FN6O8. The number of nitrogens with zero attached hydrogens (tertiary/aromatic N) is 1. The number of aliphatic hydroxyl groups excluding tert-OH is 1. The molecule has 11 N–H and O–H groups in total. The van der Waals surface area contributed by atoms with Gasteiger partial charge in [-0.15, -0.1) is 12.4 Å². The van der Waals surface area contributed by atoms with Crippen LogP contribution in [0.5, 0.6) is 0 Å². The number of carboxylic acids is 1. The summed E-state index contributed by atoms with van der Waals surface area (Å²) in [6, 6.07) is 23.5. The lowest BCUT2D eigenvalue weighted by Gasteiger charge is -2.16. The number of ketones is 1. The first-order valence-electron chi connectivity index (χ1n) is 17.2. The Hall–Kier alpha value is -5.39. The molecular weight excluding hydrogens is 853 g/mol. The second kappa shape index (κ2) is 23.9. The number of amides is 3. The van der Waals surface area contributed by atoms with E-state index in [0.29, 0.717) is 33.5 Å². The van der Waals surface area contributed by atoms with Gasteiger partial charge in [0.1, 0.15) is 29.7 Å². The van der Waals surface area contributed by atoms with Gasteiger partial charge in [-0.05, 0) is 78.1 Å². The molecule has 0 aliphatic rings. The van der Waals surface area contributed by atoms with Crippen molar-refractivity contribution in [1.29, 1.82) is 0 Å². The molecule has 4 unspecified atom stereocenters. The fourth-order valence-corrected chi connectivity index (χ4v) is 5.43. The minimum absolute atomic E-state index is 0. The van der Waals surface area contributed by atoms with Gasteiger partial charge in [-0.3, -0.25) is 24.0 Å². The molecule has 0 saturated heterocycles. The normalized spacial score (nSPS) is 12.4. The number of hydrogen-bond donors (Lipinski definition) is 7. The number of halogens is 5. The average Bonchev–Trinajstić information content (AvgIpc) is 3.58. The topological polar surface area (TPSA) is 268 Å². The van der Waals surface area contributed by atoms with Gasteiger partial charge in [0.2, 0.25) is 17.5 Å². The maximum atomic E-state index is 14.2. The molecule has 0 aliphatic heterocycles. The fraction of sp³-hybridized carbons (Fsp3) is 0.200. The van der Waals surface area contributed by atoms with E-state index in [1.807, 2.05) is 0 Å². The second-order valence-electron chi connectivity index (χ2n) is 12.6. The van der Waals surface area contributed by atoms with Crippen LogP contribution in [0.1, 0.15) is 33.1 Å². The molecule has 59 heavy (non-hydrogen) atoms. The van der Waals surface area contributed by atoms with E-state index in [9.17, 15) is 33.5 Å². The zero-order valence-electron chi connectivity index (χ0n) is 31.2. The van der Waals surface area contributed by atoms with E-state index in [4.69, 9.17) is 67.3 Å². The lowest BCUT2D eigenvalue weighted by atomic mass is 10.0. The number of aryl methyl sites for hydroxylation is 1. The molecule has 0 radical (unpaired) electrons. The summed E-state index contributed by atoms with van der Waals surface area (Å²) in [5, 5.41) is 22.0. The van der Waals surface area contributed by atoms with Crippen molar-refractivity contribution in [2.45, 2.75) is 50.4 Å². The van der Waals surface area contributed by atoms with Gasteiger partial charge in [0, 0.05) is 40.0 Å². The Bertz CT molecular complexity index is 2190. The van der Waals surface area contributed by atoms with Gasteiger partial charge in [0.05, 0.1) is 0 Å². The van der Waals surface area contributed by atoms with Crippen LogP contribution in [0, 0.1) is 12.7 Å². The zero-order chi connectivity index (χ0) is 43.1. The highest BCUT2D eigenvalue weighted by Crippen LogP contribution is 2.26. The summed E-state index contributed by atoms with van der Waals surface area (Å²) >= 11 is 17.2. The summed E-state index contributed by atoms with van der Waals surface area (Å²) in [6.07, 6.45) is -0.624. The largest absolute Gasteiger partial charge is 0.480 e. The predicted molar refractivity (Wildman–Crippen MR) is 224 cm³/mol. The van der Waals surface area contributed by atoms with Crippen LogP contribution in [0.3, 0.4) is 0 Å². The summed E-state index contributed by atoms with van der Waals surface area (Å²) in [7, 11) is 0. The van der Waals surface area contributed by atoms with E-state index in [0.717, 1.165) is 11.1 Å².